The average Bonchev–Trinajstić information content (AvgIpc) is 2.13. The normalized spacial score (nSPS) is 11.7. The summed E-state index contributed by atoms with van der Waals surface area (Å²) in [5.41, 5.74) is -2.52. The van der Waals surface area contributed by atoms with Crippen molar-refractivity contribution in [3.63, 3.8) is 0 Å². The van der Waals surface area contributed by atoms with Crippen molar-refractivity contribution in [3.8, 4) is 5.88 Å². The quantitative estimate of drug-likeness (QED) is 0.486. The summed E-state index contributed by atoms with van der Waals surface area (Å²) < 4.78 is 63.9. The van der Waals surface area contributed by atoms with Crippen molar-refractivity contribution in [1.29, 1.82) is 0 Å². The van der Waals surface area contributed by atoms with Gasteiger partial charge >= 0.3 is 12.0 Å². The molecule has 0 aliphatic heterocycles. The molecule has 1 heterocycles. The first-order chi connectivity index (χ1) is 8.13. The van der Waals surface area contributed by atoms with Crippen LogP contribution in [0.15, 0.2) is 6.20 Å². The predicted molar refractivity (Wildman–Crippen MR) is 47.5 cm³/mol. The molecule has 0 radical (unpaired) electrons. The molecule has 0 spiro atoms. The van der Waals surface area contributed by atoms with Gasteiger partial charge in [0.1, 0.15) is 16.8 Å². The van der Waals surface area contributed by atoms with Gasteiger partial charge in [0.05, 0.1) is 4.92 Å². The number of rotatable bonds is 3. The smallest absolute Gasteiger partial charge is 0.387 e. The first-order valence-corrected chi connectivity index (χ1v) is 4.38. The lowest BCUT2D eigenvalue weighted by molar-refractivity contribution is -0.385. The summed E-state index contributed by atoms with van der Waals surface area (Å²) in [5, 5.41) is 9.22. The van der Waals surface area contributed by atoms with E-state index in [0.29, 0.717) is 6.20 Å². The molecule has 5 nitrogen and oxygen atoms in total. The molecule has 0 aliphatic rings. The van der Waals surface area contributed by atoms with Crippen LogP contribution in [-0.2, 0) is 0 Å². The molecule has 18 heavy (non-hydrogen) atoms. The van der Waals surface area contributed by atoms with E-state index in [-0.39, 0.29) is 0 Å². The van der Waals surface area contributed by atoms with E-state index in [1.165, 1.54) is 0 Å². The van der Waals surface area contributed by atoms with Crippen molar-refractivity contribution < 1.29 is 31.6 Å². The van der Waals surface area contributed by atoms with Gasteiger partial charge in [-0.25, -0.2) is 13.8 Å². The Bertz CT molecular complexity index is 479. The van der Waals surface area contributed by atoms with Crippen LogP contribution in [-0.4, -0.2) is 16.3 Å². The summed E-state index contributed by atoms with van der Waals surface area (Å²) in [7, 11) is 0. The van der Waals surface area contributed by atoms with Gasteiger partial charge in [-0.15, -0.1) is 13.2 Å². The molecule has 1 rings (SSSR count). The number of hydrogen-bond donors (Lipinski definition) is 0. The molecule has 0 aromatic carbocycles. The summed E-state index contributed by atoms with van der Waals surface area (Å²) in [6.07, 6.45) is -8.48. The number of alkyl halides is 5. The maximum absolute atomic E-state index is 12.5. The Kier molecular flexibility index (Phi) is 3.89. The minimum absolute atomic E-state index is 0.301. The summed E-state index contributed by atoms with van der Waals surface area (Å²) in [4.78, 5) is 12.0. The van der Waals surface area contributed by atoms with Gasteiger partial charge in [0.2, 0.25) is 5.88 Å². The highest BCUT2D eigenvalue weighted by molar-refractivity contribution is 6.33. The van der Waals surface area contributed by atoms with Gasteiger partial charge in [-0.2, -0.15) is 0 Å². The van der Waals surface area contributed by atoms with Crippen molar-refractivity contribution in [2.45, 2.75) is 12.8 Å². The number of nitro groups is 1. The van der Waals surface area contributed by atoms with Crippen LogP contribution in [0.4, 0.5) is 27.6 Å². The lowest BCUT2D eigenvalue weighted by Gasteiger charge is -2.12. The van der Waals surface area contributed by atoms with Crippen molar-refractivity contribution in [1.82, 2.24) is 4.98 Å². The zero-order valence-corrected chi connectivity index (χ0v) is 8.80. The summed E-state index contributed by atoms with van der Waals surface area (Å²) >= 11 is 5.22. The fraction of sp³-hybridized carbons (Fsp3) is 0.286. The van der Waals surface area contributed by atoms with Gasteiger partial charge in [-0.05, 0) is 0 Å². The van der Waals surface area contributed by atoms with E-state index in [9.17, 15) is 32.1 Å². The van der Waals surface area contributed by atoms with Crippen LogP contribution in [0.3, 0.4) is 0 Å². The minimum atomic E-state index is -5.27. The number of pyridine rings is 1. The molecule has 0 N–H and O–H groups in total. The molecule has 11 heteroatoms. The number of hydrogen-bond acceptors (Lipinski definition) is 4. The summed E-state index contributed by atoms with van der Waals surface area (Å²) in [5.74, 6) is -1.52. The van der Waals surface area contributed by atoms with E-state index in [4.69, 9.17) is 11.6 Å². The molecule has 0 saturated carbocycles. The summed E-state index contributed by atoms with van der Waals surface area (Å²) in [6, 6.07) is 0. The highest BCUT2D eigenvalue weighted by Crippen LogP contribution is 2.40. The monoisotopic (exact) mass is 292 g/mol. The Hall–Kier alpha value is -1.71. The fourth-order valence-electron chi connectivity index (χ4n) is 0.985. The van der Waals surface area contributed by atoms with Crippen molar-refractivity contribution in [2.75, 3.05) is 0 Å². The van der Waals surface area contributed by atoms with Gasteiger partial charge in [0, 0.05) is 0 Å². The van der Waals surface area contributed by atoms with Gasteiger partial charge in [-0.3, -0.25) is 10.1 Å². The SMILES string of the molecule is O=[N+]([O-])c1cnc(OC(F)(F)F)c(C(F)F)c1Cl. The third kappa shape index (κ3) is 3.15. The van der Waals surface area contributed by atoms with E-state index in [1.807, 2.05) is 0 Å². The molecule has 0 atom stereocenters. The first-order valence-electron chi connectivity index (χ1n) is 4.00. The van der Waals surface area contributed by atoms with Gasteiger partial charge in [0.25, 0.3) is 6.43 Å². The molecule has 0 amide bonds. The van der Waals surface area contributed by atoms with E-state index >= 15 is 0 Å². The number of aromatic nitrogens is 1. The second-order valence-corrected chi connectivity index (χ2v) is 3.16. The second-order valence-electron chi connectivity index (χ2n) is 2.78. The Morgan fingerprint density at radius 1 is 1.44 bits per heavy atom. The molecule has 0 bridgehead atoms. The third-order valence-corrected chi connectivity index (χ3v) is 2.02. The highest BCUT2D eigenvalue weighted by atomic mass is 35.5. The molecule has 0 aliphatic carbocycles. The van der Waals surface area contributed by atoms with Crippen LogP contribution < -0.4 is 4.74 Å². The van der Waals surface area contributed by atoms with Crippen molar-refractivity contribution in [3.05, 3.63) is 26.9 Å². The standard InChI is InChI=1S/C7H2ClF5N2O3/c8-4-2(15(16)17)1-14-6(3(4)5(9)10)18-7(11,12)13/h1,5H. The van der Waals surface area contributed by atoms with Crippen molar-refractivity contribution >= 4 is 17.3 Å². The Morgan fingerprint density at radius 2 is 2.00 bits per heavy atom. The maximum Gasteiger partial charge on any atom is 0.574 e. The predicted octanol–water partition coefficient (Wildman–Crippen LogP) is 3.48. The van der Waals surface area contributed by atoms with E-state index in [1.54, 1.807) is 0 Å². The number of nitrogens with zero attached hydrogens (tertiary/aromatic N) is 2. The molecular weight excluding hydrogens is 291 g/mol. The molecule has 0 saturated heterocycles. The topological polar surface area (TPSA) is 65.3 Å². The Labute approximate surface area is 100 Å². The van der Waals surface area contributed by atoms with Crippen LogP contribution in [0.5, 0.6) is 5.88 Å². The van der Waals surface area contributed by atoms with Crippen LogP contribution in [0, 0.1) is 10.1 Å². The zero-order chi connectivity index (χ0) is 14.1. The van der Waals surface area contributed by atoms with E-state index in [2.05, 4.69) is 9.72 Å². The summed E-state index contributed by atoms with van der Waals surface area (Å²) in [6.45, 7) is 0. The largest absolute Gasteiger partial charge is 0.574 e. The molecule has 0 fully saturated rings. The number of ether oxygens (including phenoxy) is 1. The average molecular weight is 293 g/mol. The van der Waals surface area contributed by atoms with Crippen LogP contribution in [0.25, 0.3) is 0 Å². The molecule has 0 unspecified atom stereocenters. The lowest BCUT2D eigenvalue weighted by Crippen LogP contribution is -2.19. The van der Waals surface area contributed by atoms with Gasteiger partial charge < -0.3 is 4.74 Å². The van der Waals surface area contributed by atoms with Gasteiger partial charge in [-0.1, -0.05) is 11.6 Å². The molecule has 1 aromatic rings. The molecule has 100 valence electrons. The molecule has 1 aromatic heterocycles. The molecular formula is C7H2ClF5N2O3. The Morgan fingerprint density at radius 3 is 2.39 bits per heavy atom. The minimum Gasteiger partial charge on any atom is -0.387 e. The van der Waals surface area contributed by atoms with E-state index in [0.717, 1.165) is 0 Å². The zero-order valence-electron chi connectivity index (χ0n) is 8.04. The van der Waals surface area contributed by atoms with Crippen molar-refractivity contribution in [2.24, 2.45) is 0 Å². The van der Waals surface area contributed by atoms with Crippen LogP contribution >= 0.6 is 11.6 Å². The number of halogens is 6. The maximum atomic E-state index is 12.5. The second kappa shape index (κ2) is 4.88. The van der Waals surface area contributed by atoms with Gasteiger partial charge in [0.15, 0.2) is 0 Å². The first kappa shape index (κ1) is 14.4. The lowest BCUT2D eigenvalue weighted by atomic mass is 10.2. The van der Waals surface area contributed by atoms with Crippen LogP contribution in [0.1, 0.15) is 12.0 Å². The van der Waals surface area contributed by atoms with Crippen LogP contribution in [0.2, 0.25) is 5.02 Å². The highest BCUT2D eigenvalue weighted by Gasteiger charge is 2.36. The van der Waals surface area contributed by atoms with E-state index < -0.39 is 39.9 Å². The fourth-order valence-corrected chi connectivity index (χ4v) is 1.27. The third-order valence-electron chi connectivity index (χ3n) is 1.62. The Balaban J connectivity index is 3.37.